The third-order valence-corrected chi connectivity index (χ3v) is 17.3. The van der Waals surface area contributed by atoms with Gasteiger partial charge in [-0.3, -0.25) is 72.1 Å². The van der Waals surface area contributed by atoms with E-state index in [-0.39, 0.29) is 112 Å². The van der Waals surface area contributed by atoms with E-state index in [9.17, 15) is 82.1 Å². The van der Waals surface area contributed by atoms with Crippen molar-refractivity contribution in [1.29, 1.82) is 0 Å². The molecule has 36 heteroatoms. The fourth-order valence-electron chi connectivity index (χ4n) is 10.9. The number of unbranched alkanes of at least 4 members (excludes halogenated alkanes) is 2. The number of carboxylic acid groups (broad SMARTS) is 3. The van der Waals surface area contributed by atoms with Crippen LogP contribution in [0, 0.1) is 11.8 Å². The van der Waals surface area contributed by atoms with Crippen molar-refractivity contribution in [3.63, 3.8) is 0 Å². The first-order valence-corrected chi connectivity index (χ1v) is 33.2. The molecule has 0 saturated carbocycles. The highest BCUT2D eigenvalue weighted by Crippen LogP contribution is 2.33. The fourth-order valence-corrected chi connectivity index (χ4v) is 12.4. The van der Waals surface area contributed by atoms with Crippen molar-refractivity contribution < 1.29 is 87.2 Å². The van der Waals surface area contributed by atoms with Crippen LogP contribution in [0.3, 0.4) is 0 Å². The van der Waals surface area contributed by atoms with Crippen LogP contribution < -0.4 is 81.4 Å². The van der Waals surface area contributed by atoms with Gasteiger partial charge in [0.15, 0.2) is 5.96 Å². The van der Waals surface area contributed by atoms with E-state index >= 15 is 0 Å². The predicted octanol–water partition coefficient (Wildman–Crippen LogP) is -3.93. The maximum absolute atomic E-state index is 14.1. The molecule has 0 spiro atoms. The van der Waals surface area contributed by atoms with E-state index in [2.05, 4.69) is 63.5 Å². The molecule has 3 rings (SSSR count). The third kappa shape index (κ3) is 29.7. The summed E-state index contributed by atoms with van der Waals surface area (Å²) < 4.78 is 0. The van der Waals surface area contributed by atoms with Gasteiger partial charge in [0.25, 0.3) is 0 Å². The van der Waals surface area contributed by atoms with Gasteiger partial charge in [-0.25, -0.2) is 4.79 Å². The van der Waals surface area contributed by atoms with Crippen LogP contribution in [0.25, 0.3) is 0 Å². The first kappa shape index (κ1) is 80.7. The van der Waals surface area contributed by atoms with Crippen LogP contribution in [-0.2, 0) is 67.1 Å². The number of guanidine groups is 1. The summed E-state index contributed by atoms with van der Waals surface area (Å²) in [7, 11) is 0. The molecule has 534 valence electrons. The number of carboxylic acids is 3. The van der Waals surface area contributed by atoms with Gasteiger partial charge in [0.05, 0.1) is 18.6 Å². The van der Waals surface area contributed by atoms with Crippen molar-refractivity contribution in [2.24, 2.45) is 39.8 Å². The lowest BCUT2D eigenvalue weighted by Crippen LogP contribution is -2.59. The number of nitrogens with two attached hydrogens (primary N) is 4. The number of amides is 13. The van der Waals surface area contributed by atoms with E-state index in [1.807, 2.05) is 0 Å². The number of aliphatic carboxylic acids is 3. The second-order valence-electron chi connectivity index (χ2n) is 24.7. The molecule has 13 amide bonds. The normalized spacial score (nSPS) is 18.9. The molecule has 95 heavy (non-hydrogen) atoms. The highest BCUT2D eigenvalue weighted by atomic mass is 32.2. The number of rotatable bonds is 45. The van der Waals surface area contributed by atoms with Gasteiger partial charge in [0.1, 0.15) is 54.4 Å². The molecule has 0 aromatic rings. The van der Waals surface area contributed by atoms with E-state index in [4.69, 9.17) is 28.0 Å². The molecule has 35 nitrogen and oxygen atoms in total. The van der Waals surface area contributed by atoms with Crippen molar-refractivity contribution in [3.8, 4) is 0 Å². The van der Waals surface area contributed by atoms with E-state index < -0.39 is 176 Å². The number of carbonyl (C=O) groups excluding carboxylic acids is 12. The van der Waals surface area contributed by atoms with Crippen LogP contribution in [0.1, 0.15) is 157 Å². The topological polar surface area (TPSA) is 569 Å². The second-order valence-corrected chi connectivity index (χ2v) is 26.0. The number of carbonyl (C=O) groups is 15. The summed E-state index contributed by atoms with van der Waals surface area (Å²) in [6, 6.07) is -12.5. The molecule has 0 bridgehead atoms. The third-order valence-electron chi connectivity index (χ3n) is 15.8. The number of hydrogen-bond donors (Lipinski definition) is 18. The van der Waals surface area contributed by atoms with Crippen LogP contribution in [0.15, 0.2) is 4.99 Å². The molecule has 3 aliphatic rings. The van der Waals surface area contributed by atoms with Gasteiger partial charge in [0.2, 0.25) is 65.0 Å². The number of nitrogens with one attached hydrogen (secondary N) is 11. The highest BCUT2D eigenvalue weighted by molar-refractivity contribution is 8.00. The van der Waals surface area contributed by atoms with E-state index in [1.54, 1.807) is 39.5 Å². The summed E-state index contributed by atoms with van der Waals surface area (Å²) in [4.78, 5) is 202. The summed E-state index contributed by atoms with van der Waals surface area (Å²) in [6.45, 7) is 7.92. The minimum atomic E-state index is -1.66. The number of likely N-dealkylation sites (tertiary alicyclic amines) is 1. The number of hydrogen-bond acceptors (Lipinski definition) is 18. The first-order chi connectivity index (χ1) is 44.8. The van der Waals surface area contributed by atoms with Gasteiger partial charge < -0.3 is 102 Å². The minimum Gasteiger partial charge on any atom is -0.481 e. The lowest BCUT2D eigenvalue weighted by molar-refractivity contribution is -0.143. The van der Waals surface area contributed by atoms with Crippen LogP contribution in [-0.4, -0.2) is 219 Å². The number of primary amides is 1. The average Bonchev–Trinajstić information content (AvgIpc) is 1.81. The Morgan fingerprint density at radius 3 is 1.65 bits per heavy atom. The molecule has 12 atom stereocenters. The number of nitrogens with zero attached hydrogens (tertiary/aromatic N) is 2. The molecule has 3 heterocycles. The first-order valence-electron chi connectivity index (χ1n) is 32.2. The van der Waals surface area contributed by atoms with Gasteiger partial charge in [-0.2, -0.15) is 11.8 Å². The Hall–Kier alpha value is -8.57. The summed E-state index contributed by atoms with van der Waals surface area (Å²) in [5.41, 5.74) is 21.9. The van der Waals surface area contributed by atoms with Gasteiger partial charge in [-0.05, 0) is 115 Å². The van der Waals surface area contributed by atoms with Crippen LogP contribution in [0.4, 0.5) is 4.79 Å². The standard InChI is InChI=1S/C59H99N17O18S/c1-30(2)26-38(73-56(92)41-14-11-25-76(41)57(93)37(19-22-47(83)84)67-43(77)16-7-6-15-42-48-40(29-95-42)74-59(94)75-48)51(87)65-28-44(78)68-39(27-31(3)4)55(91)72-34(12-8-9-23-60)52(88)66-32(5)50(86)70-36(18-21-46(81)82)54(90)71-35(13-10-24-64-58(62)63)53(89)69-33(49(61)85)17-20-45(79)80/h30-42,48H,6-29,60H2,1-5H3,(H2,61,85)(H,65,87)(H,66,88)(H,67,77)(H,68,78)(H,69,89)(H,70,86)(H,71,90)(H,72,91)(H,73,92)(H,79,80)(H,81,82)(H,83,84)(H4,62,63,64)(H2,74,75,94)/t32-,33-,34-,35-,36-,37-,38-,39-,40?,41-,42?,48?/m0/s1. The molecule has 0 aromatic carbocycles. The maximum Gasteiger partial charge on any atom is 0.315 e. The monoisotopic (exact) mass is 1370 g/mol. The number of fused-ring (bicyclic) bond motifs is 1. The molecule has 0 aromatic heterocycles. The van der Waals surface area contributed by atoms with Crippen molar-refractivity contribution in [2.75, 3.05) is 31.9 Å². The Morgan fingerprint density at radius 1 is 0.568 bits per heavy atom. The Kier molecular flexibility index (Phi) is 35.1. The molecule has 0 aliphatic carbocycles. The van der Waals surface area contributed by atoms with Gasteiger partial charge in [0, 0.05) is 49.8 Å². The summed E-state index contributed by atoms with van der Waals surface area (Å²) in [5.74, 6) is -13.1. The smallest absolute Gasteiger partial charge is 0.315 e. The highest BCUT2D eigenvalue weighted by Gasteiger charge is 2.43. The summed E-state index contributed by atoms with van der Waals surface area (Å²) in [6.07, 6.45) is 0.299. The Labute approximate surface area is 555 Å². The predicted molar refractivity (Wildman–Crippen MR) is 344 cm³/mol. The SMILES string of the molecule is CC(C)C[C@H](NC(=O)CNC(=O)[C@H](CC(C)C)NC(=O)[C@@H]1CCCN1C(=O)[C@H](CCC(=O)O)NC(=O)CCCCC1SCC2NC(=O)NC21)C(=O)N[C@@H](CCCCN)C(=O)N[C@@H](C)C(=O)N[C@@H](CCC(=O)O)C(=O)N[C@@H](CCCN=C(N)N)C(=O)N[C@@H](CCC(=O)O)C(N)=O. The van der Waals surface area contributed by atoms with Crippen molar-refractivity contribution in [3.05, 3.63) is 0 Å². The molecular weight excluding hydrogens is 1270 g/mol. The average molecular weight is 1370 g/mol. The molecule has 0 radical (unpaired) electrons. The van der Waals surface area contributed by atoms with Gasteiger partial charge >= 0.3 is 23.9 Å². The minimum absolute atomic E-state index is 0.00138. The molecule has 3 unspecified atom stereocenters. The molecule has 3 saturated heterocycles. The Morgan fingerprint density at radius 2 is 1.08 bits per heavy atom. The van der Waals surface area contributed by atoms with Gasteiger partial charge in [-0.15, -0.1) is 0 Å². The maximum atomic E-state index is 14.1. The fraction of sp³-hybridized carbons (Fsp3) is 0.729. The lowest BCUT2D eigenvalue weighted by Gasteiger charge is -2.30. The zero-order chi connectivity index (χ0) is 71.1. The zero-order valence-electron chi connectivity index (χ0n) is 54.6. The Balaban J connectivity index is 1.69. The molecule has 22 N–H and O–H groups in total. The van der Waals surface area contributed by atoms with Crippen LogP contribution in [0.5, 0.6) is 0 Å². The van der Waals surface area contributed by atoms with Gasteiger partial charge in [-0.1, -0.05) is 34.1 Å². The Bertz CT molecular complexity index is 2740. The van der Waals surface area contributed by atoms with E-state index in [1.165, 1.54) is 11.8 Å². The molecule has 3 aliphatic heterocycles. The molecule has 3 fully saturated rings. The number of aliphatic imine (C=N–C) groups is 1. The zero-order valence-corrected chi connectivity index (χ0v) is 55.4. The summed E-state index contributed by atoms with van der Waals surface area (Å²) >= 11 is 1.74. The quantitative estimate of drug-likeness (QED) is 0.0120. The van der Waals surface area contributed by atoms with Crippen LogP contribution in [0.2, 0.25) is 0 Å². The van der Waals surface area contributed by atoms with Crippen molar-refractivity contribution in [2.45, 2.75) is 228 Å². The number of thioether (sulfide) groups is 1. The van der Waals surface area contributed by atoms with Crippen molar-refractivity contribution >= 4 is 107 Å². The van der Waals surface area contributed by atoms with E-state index in [0.717, 1.165) is 12.2 Å². The molecular formula is C59H99N17O18S. The largest absolute Gasteiger partial charge is 0.481 e. The lowest BCUT2D eigenvalue weighted by atomic mass is 10.0. The van der Waals surface area contributed by atoms with E-state index in [0.29, 0.717) is 32.1 Å². The number of urea groups is 1. The second kappa shape index (κ2) is 41.3. The van der Waals surface area contributed by atoms with Crippen molar-refractivity contribution in [1.82, 2.24) is 63.4 Å². The van der Waals surface area contributed by atoms with Crippen LogP contribution >= 0.6 is 11.8 Å². The summed E-state index contributed by atoms with van der Waals surface area (Å²) in [5, 5.41) is 56.8.